The molecule has 4 nitrogen and oxygen atoms in total. The maximum absolute atomic E-state index is 12.0. The van der Waals surface area contributed by atoms with Crippen molar-refractivity contribution in [2.24, 2.45) is 5.92 Å². The van der Waals surface area contributed by atoms with Gasteiger partial charge in [-0.3, -0.25) is 9.59 Å². The average Bonchev–Trinajstić information content (AvgIpc) is 2.87. The number of amides is 2. The molecule has 4 heteroatoms. The zero-order valence-corrected chi connectivity index (χ0v) is 11.2. The summed E-state index contributed by atoms with van der Waals surface area (Å²) in [5.41, 5.74) is 0. The fourth-order valence-corrected chi connectivity index (χ4v) is 2.15. The molecule has 1 unspecified atom stereocenters. The highest BCUT2D eigenvalue weighted by atomic mass is 16.2. The summed E-state index contributed by atoms with van der Waals surface area (Å²) in [5.74, 6) is 0.422. The van der Waals surface area contributed by atoms with E-state index in [0.717, 1.165) is 32.4 Å². The summed E-state index contributed by atoms with van der Waals surface area (Å²) >= 11 is 0. The van der Waals surface area contributed by atoms with Crippen LogP contribution in [0.15, 0.2) is 0 Å². The highest BCUT2D eigenvalue weighted by Crippen LogP contribution is 2.14. The molecule has 1 fully saturated rings. The van der Waals surface area contributed by atoms with Gasteiger partial charge in [0.25, 0.3) is 0 Å². The van der Waals surface area contributed by atoms with E-state index in [2.05, 4.69) is 0 Å². The molecule has 17 heavy (non-hydrogen) atoms. The molecule has 0 spiro atoms. The first kappa shape index (κ1) is 14.0. The van der Waals surface area contributed by atoms with Gasteiger partial charge < -0.3 is 9.80 Å². The maximum Gasteiger partial charge on any atom is 0.225 e. The molecule has 0 aromatic carbocycles. The van der Waals surface area contributed by atoms with Crippen LogP contribution in [0.5, 0.6) is 0 Å². The molecule has 1 rings (SSSR count). The van der Waals surface area contributed by atoms with Gasteiger partial charge in [-0.25, -0.2) is 0 Å². The molecule has 0 aromatic rings. The molecule has 0 radical (unpaired) electrons. The van der Waals surface area contributed by atoms with Crippen LogP contribution in [-0.2, 0) is 9.59 Å². The Kier molecular flexibility index (Phi) is 5.45. The van der Waals surface area contributed by atoms with Crippen molar-refractivity contribution >= 4 is 11.8 Å². The minimum atomic E-state index is 0.0280. The Bertz CT molecular complexity index is 273. The number of hydrogen-bond acceptors (Lipinski definition) is 2. The minimum absolute atomic E-state index is 0.0280. The Morgan fingerprint density at radius 1 is 1.29 bits per heavy atom. The molecule has 98 valence electrons. The first-order valence-electron chi connectivity index (χ1n) is 6.59. The molecule has 1 saturated heterocycles. The smallest absolute Gasteiger partial charge is 0.225 e. The number of carbonyl (C=O) groups is 2. The van der Waals surface area contributed by atoms with Gasteiger partial charge in [0.15, 0.2) is 0 Å². The van der Waals surface area contributed by atoms with Crippen molar-refractivity contribution in [2.75, 3.05) is 26.7 Å². The summed E-state index contributed by atoms with van der Waals surface area (Å²) in [4.78, 5) is 27.1. The summed E-state index contributed by atoms with van der Waals surface area (Å²) in [6.07, 6.45) is 3.56. The van der Waals surface area contributed by atoms with Crippen molar-refractivity contribution in [1.29, 1.82) is 0 Å². The lowest BCUT2D eigenvalue weighted by molar-refractivity contribution is -0.135. The van der Waals surface area contributed by atoms with E-state index < -0.39 is 0 Å². The van der Waals surface area contributed by atoms with Gasteiger partial charge >= 0.3 is 0 Å². The molecule has 1 aliphatic heterocycles. The second kappa shape index (κ2) is 6.62. The lowest BCUT2D eigenvalue weighted by atomic mass is 10.1. The quantitative estimate of drug-likeness (QED) is 0.730. The highest BCUT2D eigenvalue weighted by molar-refractivity contribution is 5.79. The molecule has 0 aromatic heterocycles. The molecule has 0 aliphatic carbocycles. The molecule has 1 atom stereocenters. The van der Waals surface area contributed by atoms with E-state index in [4.69, 9.17) is 0 Å². The standard InChI is InChI=1S/C13H24N2O2/c1-4-12(16)14(3)10-7-11(2)13(17)15-8-5-6-9-15/h11H,4-10H2,1-3H3. The fraction of sp³-hybridized carbons (Fsp3) is 0.846. The minimum Gasteiger partial charge on any atom is -0.346 e. The molecular weight excluding hydrogens is 216 g/mol. The monoisotopic (exact) mass is 240 g/mol. The third-order valence-electron chi connectivity index (χ3n) is 3.47. The van der Waals surface area contributed by atoms with E-state index in [1.54, 1.807) is 11.9 Å². The SMILES string of the molecule is CCC(=O)N(C)CCC(C)C(=O)N1CCCC1. The van der Waals surface area contributed by atoms with Crippen molar-refractivity contribution in [1.82, 2.24) is 9.80 Å². The topological polar surface area (TPSA) is 40.6 Å². The van der Waals surface area contributed by atoms with Crippen LogP contribution >= 0.6 is 0 Å². The van der Waals surface area contributed by atoms with E-state index in [1.807, 2.05) is 18.7 Å². The van der Waals surface area contributed by atoms with Crippen molar-refractivity contribution < 1.29 is 9.59 Å². The highest BCUT2D eigenvalue weighted by Gasteiger charge is 2.23. The zero-order valence-electron chi connectivity index (χ0n) is 11.2. The summed E-state index contributed by atoms with van der Waals surface area (Å²) in [5, 5.41) is 0. The second-order valence-corrected chi connectivity index (χ2v) is 4.89. The lowest BCUT2D eigenvalue weighted by Crippen LogP contribution is -2.35. The van der Waals surface area contributed by atoms with Crippen LogP contribution in [0, 0.1) is 5.92 Å². The number of hydrogen-bond donors (Lipinski definition) is 0. The predicted molar refractivity (Wildman–Crippen MR) is 67.5 cm³/mol. The predicted octanol–water partition coefficient (Wildman–Crippen LogP) is 1.50. The Morgan fingerprint density at radius 2 is 1.88 bits per heavy atom. The second-order valence-electron chi connectivity index (χ2n) is 4.89. The Labute approximate surface area is 104 Å². The summed E-state index contributed by atoms with van der Waals surface area (Å²) in [6, 6.07) is 0. The largest absolute Gasteiger partial charge is 0.346 e. The Hall–Kier alpha value is -1.06. The molecule has 0 N–H and O–H groups in total. The van der Waals surface area contributed by atoms with E-state index in [-0.39, 0.29) is 17.7 Å². The third kappa shape index (κ3) is 4.02. The van der Waals surface area contributed by atoms with Crippen LogP contribution < -0.4 is 0 Å². The van der Waals surface area contributed by atoms with E-state index in [0.29, 0.717) is 13.0 Å². The first-order valence-corrected chi connectivity index (χ1v) is 6.59. The number of nitrogens with zero attached hydrogens (tertiary/aromatic N) is 2. The normalized spacial score (nSPS) is 17.0. The fourth-order valence-electron chi connectivity index (χ4n) is 2.15. The van der Waals surface area contributed by atoms with Crippen LogP contribution in [0.25, 0.3) is 0 Å². The van der Waals surface area contributed by atoms with Gasteiger partial charge in [-0.1, -0.05) is 13.8 Å². The molecule has 1 heterocycles. The van der Waals surface area contributed by atoms with Gasteiger partial charge in [-0.05, 0) is 19.3 Å². The van der Waals surface area contributed by atoms with Gasteiger partial charge in [-0.15, -0.1) is 0 Å². The van der Waals surface area contributed by atoms with E-state index in [9.17, 15) is 9.59 Å². The first-order chi connectivity index (χ1) is 8.06. The van der Waals surface area contributed by atoms with Crippen molar-refractivity contribution in [2.45, 2.75) is 39.5 Å². The van der Waals surface area contributed by atoms with Gasteiger partial charge in [0.1, 0.15) is 0 Å². The van der Waals surface area contributed by atoms with Crippen LogP contribution in [0.3, 0.4) is 0 Å². The Morgan fingerprint density at radius 3 is 2.41 bits per heavy atom. The third-order valence-corrected chi connectivity index (χ3v) is 3.47. The van der Waals surface area contributed by atoms with Crippen molar-refractivity contribution in [3.63, 3.8) is 0 Å². The van der Waals surface area contributed by atoms with Crippen molar-refractivity contribution in [3.05, 3.63) is 0 Å². The van der Waals surface area contributed by atoms with Gasteiger partial charge in [0.05, 0.1) is 0 Å². The Balaban J connectivity index is 2.30. The van der Waals surface area contributed by atoms with E-state index >= 15 is 0 Å². The zero-order chi connectivity index (χ0) is 12.8. The molecule has 0 saturated carbocycles. The van der Waals surface area contributed by atoms with Crippen LogP contribution in [0.4, 0.5) is 0 Å². The van der Waals surface area contributed by atoms with Gasteiger partial charge in [-0.2, -0.15) is 0 Å². The number of carbonyl (C=O) groups excluding carboxylic acids is 2. The summed E-state index contributed by atoms with van der Waals surface area (Å²) < 4.78 is 0. The molecular formula is C13H24N2O2. The summed E-state index contributed by atoms with van der Waals surface area (Å²) in [7, 11) is 1.80. The van der Waals surface area contributed by atoms with E-state index in [1.165, 1.54) is 0 Å². The summed E-state index contributed by atoms with van der Waals surface area (Å²) in [6.45, 7) is 6.32. The van der Waals surface area contributed by atoms with Gasteiger partial charge in [0, 0.05) is 39.0 Å². The van der Waals surface area contributed by atoms with Crippen molar-refractivity contribution in [3.8, 4) is 0 Å². The number of rotatable bonds is 5. The lowest BCUT2D eigenvalue weighted by Gasteiger charge is -2.22. The molecule has 2 amide bonds. The number of likely N-dealkylation sites (tertiary alicyclic amines) is 1. The van der Waals surface area contributed by atoms with Gasteiger partial charge in [0.2, 0.25) is 11.8 Å². The maximum atomic E-state index is 12.0. The van der Waals surface area contributed by atoms with Crippen LogP contribution in [-0.4, -0.2) is 48.3 Å². The van der Waals surface area contributed by atoms with Crippen LogP contribution in [0.1, 0.15) is 39.5 Å². The van der Waals surface area contributed by atoms with Crippen LogP contribution in [0.2, 0.25) is 0 Å². The molecule has 1 aliphatic rings. The molecule has 0 bridgehead atoms. The average molecular weight is 240 g/mol.